The maximum absolute atomic E-state index is 9.40. The summed E-state index contributed by atoms with van der Waals surface area (Å²) >= 11 is 5.92. The van der Waals surface area contributed by atoms with Crippen LogP contribution in [0.15, 0.2) is 18.2 Å². The van der Waals surface area contributed by atoms with Gasteiger partial charge in [-0.1, -0.05) is 23.7 Å². The molecule has 0 saturated heterocycles. The van der Waals surface area contributed by atoms with Gasteiger partial charge in [-0.2, -0.15) is 0 Å². The summed E-state index contributed by atoms with van der Waals surface area (Å²) < 4.78 is 5.14. The third-order valence-corrected chi connectivity index (χ3v) is 2.28. The van der Waals surface area contributed by atoms with E-state index in [2.05, 4.69) is 0 Å². The molecule has 0 aliphatic carbocycles. The molecule has 1 aromatic rings. The highest BCUT2D eigenvalue weighted by Crippen LogP contribution is 2.28. The predicted molar refractivity (Wildman–Crippen MR) is 56.8 cm³/mol. The number of benzene rings is 1. The number of nitrogens with two attached hydrogens (primary N) is 1. The first kappa shape index (κ1) is 11.3. The van der Waals surface area contributed by atoms with Crippen molar-refractivity contribution in [1.29, 1.82) is 0 Å². The first-order valence-electron chi connectivity index (χ1n) is 4.38. The molecule has 0 heterocycles. The molecule has 0 bridgehead atoms. The Hall–Kier alpha value is -0.770. The summed E-state index contributed by atoms with van der Waals surface area (Å²) in [7, 11) is 1.56. The van der Waals surface area contributed by atoms with E-state index in [-0.39, 0.29) is 6.54 Å². The van der Waals surface area contributed by atoms with Gasteiger partial charge >= 0.3 is 0 Å². The number of para-hydroxylation sites is 1. The molecule has 1 atom stereocenters. The second kappa shape index (κ2) is 5.20. The normalized spacial score (nSPS) is 12.6. The minimum absolute atomic E-state index is 0.232. The Morgan fingerprint density at radius 3 is 2.86 bits per heavy atom. The van der Waals surface area contributed by atoms with E-state index in [1.165, 1.54) is 0 Å². The maximum atomic E-state index is 9.40. The molecule has 1 aromatic carbocycles. The fourth-order valence-electron chi connectivity index (χ4n) is 1.28. The van der Waals surface area contributed by atoms with Crippen molar-refractivity contribution in [1.82, 2.24) is 0 Å². The lowest BCUT2D eigenvalue weighted by atomic mass is 10.1. The molecule has 3 N–H and O–H groups in total. The molecule has 0 aromatic heterocycles. The molecule has 0 saturated carbocycles. The summed E-state index contributed by atoms with van der Waals surface area (Å²) in [5.74, 6) is 0.613. The molecular formula is C10H14ClNO2. The number of hydrogen-bond donors (Lipinski definition) is 2. The summed E-state index contributed by atoms with van der Waals surface area (Å²) in [6.07, 6.45) is -0.0948. The number of hydrogen-bond acceptors (Lipinski definition) is 3. The van der Waals surface area contributed by atoms with Gasteiger partial charge in [0.05, 0.1) is 18.2 Å². The Morgan fingerprint density at radius 1 is 1.57 bits per heavy atom. The molecule has 3 nitrogen and oxygen atoms in total. The van der Waals surface area contributed by atoms with Gasteiger partial charge in [-0.25, -0.2) is 0 Å². The third kappa shape index (κ3) is 2.61. The van der Waals surface area contributed by atoms with E-state index < -0.39 is 6.10 Å². The minimum Gasteiger partial charge on any atom is -0.495 e. The van der Waals surface area contributed by atoms with Gasteiger partial charge in [0.15, 0.2) is 0 Å². The molecule has 1 unspecified atom stereocenters. The van der Waals surface area contributed by atoms with Gasteiger partial charge in [0, 0.05) is 13.0 Å². The highest BCUT2D eigenvalue weighted by Gasteiger charge is 2.10. The first-order chi connectivity index (χ1) is 6.69. The van der Waals surface area contributed by atoms with Crippen LogP contribution in [0.2, 0.25) is 5.02 Å². The van der Waals surface area contributed by atoms with Crippen LogP contribution in [-0.4, -0.2) is 24.9 Å². The largest absolute Gasteiger partial charge is 0.495 e. The van der Waals surface area contributed by atoms with E-state index in [0.717, 1.165) is 5.56 Å². The van der Waals surface area contributed by atoms with E-state index in [1.807, 2.05) is 12.1 Å². The number of aliphatic hydroxyl groups excluding tert-OH is 1. The summed E-state index contributed by atoms with van der Waals surface area (Å²) in [5, 5.41) is 9.95. The molecule has 0 aliphatic heterocycles. The SMILES string of the molecule is COc1c(Cl)cccc1CC(O)CN. The van der Waals surface area contributed by atoms with Crippen LogP contribution in [0.3, 0.4) is 0 Å². The van der Waals surface area contributed by atoms with Gasteiger partial charge < -0.3 is 15.6 Å². The zero-order valence-electron chi connectivity index (χ0n) is 8.03. The molecular weight excluding hydrogens is 202 g/mol. The van der Waals surface area contributed by atoms with Crippen molar-refractivity contribution in [3.05, 3.63) is 28.8 Å². The lowest BCUT2D eigenvalue weighted by molar-refractivity contribution is 0.182. The Kier molecular flexibility index (Phi) is 4.20. The molecule has 0 amide bonds. The number of ether oxygens (including phenoxy) is 1. The summed E-state index contributed by atoms with van der Waals surface area (Å²) in [4.78, 5) is 0. The molecule has 0 fully saturated rings. The Morgan fingerprint density at radius 2 is 2.29 bits per heavy atom. The van der Waals surface area contributed by atoms with Gasteiger partial charge in [0.25, 0.3) is 0 Å². The standard InChI is InChI=1S/C10H14ClNO2/c1-14-10-7(5-8(13)6-12)3-2-4-9(10)11/h2-4,8,13H,5-6,12H2,1H3. The van der Waals surface area contributed by atoms with Gasteiger partial charge in [-0.05, 0) is 11.6 Å². The molecule has 0 spiro atoms. The fourth-order valence-corrected chi connectivity index (χ4v) is 1.55. The van der Waals surface area contributed by atoms with Crippen LogP contribution in [0.25, 0.3) is 0 Å². The monoisotopic (exact) mass is 215 g/mol. The van der Waals surface area contributed by atoms with Crippen molar-refractivity contribution >= 4 is 11.6 Å². The van der Waals surface area contributed by atoms with Gasteiger partial charge in [-0.15, -0.1) is 0 Å². The van der Waals surface area contributed by atoms with Crippen molar-refractivity contribution in [3.63, 3.8) is 0 Å². The topological polar surface area (TPSA) is 55.5 Å². The molecule has 4 heteroatoms. The summed E-state index contributed by atoms with van der Waals surface area (Å²) in [6, 6.07) is 5.44. The summed E-state index contributed by atoms with van der Waals surface area (Å²) in [6.45, 7) is 0.232. The Bertz CT molecular complexity index is 304. The smallest absolute Gasteiger partial charge is 0.140 e. The van der Waals surface area contributed by atoms with Crippen molar-refractivity contribution in [2.24, 2.45) is 5.73 Å². The fraction of sp³-hybridized carbons (Fsp3) is 0.400. The van der Waals surface area contributed by atoms with Crippen LogP contribution >= 0.6 is 11.6 Å². The van der Waals surface area contributed by atoms with E-state index in [0.29, 0.717) is 17.2 Å². The van der Waals surface area contributed by atoms with Crippen LogP contribution < -0.4 is 10.5 Å². The molecule has 0 radical (unpaired) electrons. The average molecular weight is 216 g/mol. The zero-order valence-corrected chi connectivity index (χ0v) is 8.79. The molecule has 78 valence electrons. The highest BCUT2D eigenvalue weighted by atomic mass is 35.5. The van der Waals surface area contributed by atoms with E-state index in [4.69, 9.17) is 22.1 Å². The second-order valence-electron chi connectivity index (χ2n) is 3.03. The first-order valence-corrected chi connectivity index (χ1v) is 4.76. The van der Waals surface area contributed by atoms with Crippen molar-refractivity contribution in [2.45, 2.75) is 12.5 Å². The van der Waals surface area contributed by atoms with Crippen molar-refractivity contribution in [3.8, 4) is 5.75 Å². The second-order valence-corrected chi connectivity index (χ2v) is 3.43. The lowest BCUT2D eigenvalue weighted by Crippen LogP contribution is -2.22. The summed E-state index contributed by atoms with van der Waals surface area (Å²) in [5.41, 5.74) is 6.20. The van der Waals surface area contributed by atoms with Crippen molar-refractivity contribution in [2.75, 3.05) is 13.7 Å². The minimum atomic E-state index is -0.553. The van der Waals surface area contributed by atoms with Crippen molar-refractivity contribution < 1.29 is 9.84 Å². The van der Waals surface area contributed by atoms with Crippen LogP contribution in [0.4, 0.5) is 0 Å². The van der Waals surface area contributed by atoms with Gasteiger partial charge in [0.2, 0.25) is 0 Å². The number of aliphatic hydroxyl groups is 1. The predicted octanol–water partition coefficient (Wildman–Crippen LogP) is 1.21. The van der Waals surface area contributed by atoms with E-state index in [1.54, 1.807) is 13.2 Å². The number of rotatable bonds is 4. The van der Waals surface area contributed by atoms with Crippen LogP contribution in [-0.2, 0) is 6.42 Å². The third-order valence-electron chi connectivity index (χ3n) is 1.98. The Balaban J connectivity index is 2.90. The molecule has 14 heavy (non-hydrogen) atoms. The lowest BCUT2D eigenvalue weighted by Gasteiger charge is -2.12. The quantitative estimate of drug-likeness (QED) is 0.794. The number of methoxy groups -OCH3 is 1. The maximum Gasteiger partial charge on any atom is 0.140 e. The van der Waals surface area contributed by atoms with E-state index in [9.17, 15) is 5.11 Å². The van der Waals surface area contributed by atoms with Crippen LogP contribution in [0.5, 0.6) is 5.75 Å². The Labute approximate surface area is 88.4 Å². The molecule has 0 aliphatic rings. The van der Waals surface area contributed by atoms with Gasteiger partial charge in [-0.3, -0.25) is 0 Å². The average Bonchev–Trinajstić information content (AvgIpc) is 2.18. The van der Waals surface area contributed by atoms with Crippen LogP contribution in [0, 0.1) is 0 Å². The van der Waals surface area contributed by atoms with Crippen LogP contribution in [0.1, 0.15) is 5.56 Å². The number of halogens is 1. The van der Waals surface area contributed by atoms with E-state index >= 15 is 0 Å². The highest BCUT2D eigenvalue weighted by molar-refractivity contribution is 6.32. The molecule has 1 rings (SSSR count). The zero-order chi connectivity index (χ0) is 10.6. The van der Waals surface area contributed by atoms with Gasteiger partial charge in [0.1, 0.15) is 5.75 Å².